The van der Waals surface area contributed by atoms with Crippen LogP contribution >= 0.6 is 11.6 Å². The van der Waals surface area contributed by atoms with E-state index in [2.05, 4.69) is 21.5 Å². The molecule has 0 N–H and O–H groups in total. The predicted molar refractivity (Wildman–Crippen MR) is 72.2 cm³/mol. The molecule has 0 aliphatic carbocycles. The lowest BCUT2D eigenvalue weighted by Gasteiger charge is -2.03. The third kappa shape index (κ3) is 3.53. The second-order valence-corrected chi connectivity index (χ2v) is 4.63. The van der Waals surface area contributed by atoms with E-state index in [9.17, 15) is 0 Å². The lowest BCUT2D eigenvalue weighted by molar-refractivity contribution is 0.427. The van der Waals surface area contributed by atoms with Crippen LogP contribution in [0.15, 0.2) is 24.3 Å². The Balaban J connectivity index is 2.07. The van der Waals surface area contributed by atoms with Crippen LogP contribution in [0.4, 0.5) is 0 Å². The van der Waals surface area contributed by atoms with Gasteiger partial charge in [0.1, 0.15) is 0 Å². The monoisotopic (exact) mass is 286 g/mol. The van der Waals surface area contributed by atoms with Crippen molar-refractivity contribution in [2.45, 2.75) is 19.4 Å². The molecule has 0 aliphatic heterocycles. The second-order valence-electron chi connectivity index (χ2n) is 4.20. The van der Waals surface area contributed by atoms with Crippen molar-refractivity contribution < 1.29 is 0 Å². The summed E-state index contributed by atoms with van der Waals surface area (Å²) in [5.74, 6) is 0.195. The average molecular weight is 287 g/mol. The highest BCUT2D eigenvalue weighted by molar-refractivity contribution is 6.30. The van der Waals surface area contributed by atoms with Crippen molar-refractivity contribution in [2.24, 2.45) is 5.92 Å². The molecule has 1 aromatic heterocycles. The number of nitrogens with zero attached hydrogens (tertiary/aromatic N) is 6. The number of tetrazole rings is 1. The van der Waals surface area contributed by atoms with Gasteiger partial charge in [-0.25, -0.2) is 0 Å². The highest BCUT2D eigenvalue weighted by Crippen LogP contribution is 2.17. The summed E-state index contributed by atoms with van der Waals surface area (Å²) >= 11 is 5.82. The van der Waals surface area contributed by atoms with E-state index in [4.69, 9.17) is 22.1 Å². The molecule has 0 saturated carbocycles. The molecule has 6 nitrogen and oxygen atoms in total. The summed E-state index contributed by atoms with van der Waals surface area (Å²) in [5, 5.41) is 30.3. The molecule has 1 heterocycles. The summed E-state index contributed by atoms with van der Waals surface area (Å²) < 4.78 is 0. The first-order valence-electron chi connectivity index (χ1n) is 6.03. The molecular formula is C13H11ClN6. The third-order valence-electron chi connectivity index (χ3n) is 2.73. The van der Waals surface area contributed by atoms with Crippen LogP contribution < -0.4 is 0 Å². The molecule has 100 valence electrons. The number of hydrogen-bond acceptors (Lipinski definition) is 5. The van der Waals surface area contributed by atoms with Crippen molar-refractivity contribution in [2.75, 3.05) is 0 Å². The van der Waals surface area contributed by atoms with Crippen molar-refractivity contribution >= 4 is 11.6 Å². The van der Waals surface area contributed by atoms with E-state index in [1.807, 2.05) is 6.07 Å². The van der Waals surface area contributed by atoms with Crippen LogP contribution in [0, 0.1) is 28.6 Å². The largest absolute Gasteiger partial charge is 0.204 e. The number of benzene rings is 1. The molecule has 7 heteroatoms. The highest BCUT2D eigenvalue weighted by atomic mass is 35.5. The fourth-order valence-electron chi connectivity index (χ4n) is 1.67. The van der Waals surface area contributed by atoms with Gasteiger partial charge in [-0.15, -0.1) is 10.2 Å². The van der Waals surface area contributed by atoms with Crippen LogP contribution in [0.1, 0.15) is 12.8 Å². The van der Waals surface area contributed by atoms with Crippen LogP contribution in [0.5, 0.6) is 0 Å². The summed E-state index contributed by atoms with van der Waals surface area (Å²) in [5.41, 5.74) is 0.811. The van der Waals surface area contributed by atoms with Gasteiger partial charge in [0.05, 0.1) is 24.6 Å². The molecule has 0 unspecified atom stereocenters. The highest BCUT2D eigenvalue weighted by Gasteiger charge is 2.12. The van der Waals surface area contributed by atoms with Crippen LogP contribution in [0.3, 0.4) is 0 Å². The van der Waals surface area contributed by atoms with E-state index in [-0.39, 0.29) is 5.92 Å². The topological polar surface area (TPSA) is 91.2 Å². The van der Waals surface area contributed by atoms with Crippen LogP contribution in [0.25, 0.3) is 11.4 Å². The van der Waals surface area contributed by atoms with Gasteiger partial charge in [0.15, 0.2) is 0 Å². The van der Waals surface area contributed by atoms with Gasteiger partial charge in [-0.3, -0.25) is 0 Å². The van der Waals surface area contributed by atoms with E-state index < -0.39 is 0 Å². The zero-order chi connectivity index (χ0) is 14.4. The SMILES string of the molecule is N#CCC[C@@H](C#N)Cn1nnc(-c2ccc(Cl)cc2)n1. The van der Waals surface area contributed by atoms with Crippen LogP contribution in [0.2, 0.25) is 5.02 Å². The number of nitriles is 2. The Kier molecular flexibility index (Phi) is 4.65. The normalized spacial score (nSPS) is 11.6. The zero-order valence-electron chi connectivity index (χ0n) is 10.6. The van der Waals surface area contributed by atoms with Gasteiger partial charge >= 0.3 is 0 Å². The fourth-order valence-corrected chi connectivity index (χ4v) is 1.79. The number of hydrogen-bond donors (Lipinski definition) is 0. The van der Waals surface area contributed by atoms with E-state index >= 15 is 0 Å². The Hall–Kier alpha value is -2.44. The molecule has 1 aromatic carbocycles. The lowest BCUT2D eigenvalue weighted by Crippen LogP contribution is -2.12. The minimum Gasteiger partial charge on any atom is -0.198 e. The van der Waals surface area contributed by atoms with Crippen molar-refractivity contribution in [3.63, 3.8) is 0 Å². The maximum absolute atomic E-state index is 9.00. The van der Waals surface area contributed by atoms with Crippen LogP contribution in [-0.2, 0) is 6.54 Å². The Morgan fingerprint density at radius 2 is 2.00 bits per heavy atom. The maximum Gasteiger partial charge on any atom is 0.204 e. The van der Waals surface area contributed by atoms with Gasteiger partial charge in [0.25, 0.3) is 0 Å². The van der Waals surface area contributed by atoms with Gasteiger partial charge in [0.2, 0.25) is 5.82 Å². The first-order chi connectivity index (χ1) is 9.72. The first kappa shape index (κ1) is 14.0. The Morgan fingerprint density at radius 1 is 1.25 bits per heavy atom. The maximum atomic E-state index is 9.00. The number of aromatic nitrogens is 4. The first-order valence-corrected chi connectivity index (χ1v) is 6.41. The smallest absolute Gasteiger partial charge is 0.198 e. The van der Waals surface area contributed by atoms with E-state index in [0.29, 0.717) is 30.2 Å². The minimum atomic E-state index is -0.290. The van der Waals surface area contributed by atoms with Crippen molar-refractivity contribution in [1.29, 1.82) is 10.5 Å². The van der Waals surface area contributed by atoms with Crippen molar-refractivity contribution in [3.8, 4) is 23.5 Å². The van der Waals surface area contributed by atoms with Gasteiger partial charge in [-0.05, 0) is 35.9 Å². The average Bonchev–Trinajstić information content (AvgIpc) is 2.92. The van der Waals surface area contributed by atoms with Crippen molar-refractivity contribution in [1.82, 2.24) is 20.2 Å². The molecule has 0 fully saturated rings. The Labute approximate surface area is 121 Å². The second kappa shape index (κ2) is 6.65. The molecule has 0 radical (unpaired) electrons. The molecule has 0 amide bonds. The zero-order valence-corrected chi connectivity index (χ0v) is 11.3. The van der Waals surface area contributed by atoms with Crippen LogP contribution in [-0.4, -0.2) is 20.2 Å². The molecule has 20 heavy (non-hydrogen) atoms. The molecule has 2 rings (SSSR count). The number of rotatable bonds is 5. The molecular weight excluding hydrogens is 276 g/mol. The van der Waals surface area contributed by atoms with Gasteiger partial charge < -0.3 is 0 Å². The molecule has 0 spiro atoms. The van der Waals surface area contributed by atoms with E-state index in [1.54, 1.807) is 24.3 Å². The van der Waals surface area contributed by atoms with Crippen molar-refractivity contribution in [3.05, 3.63) is 29.3 Å². The lowest BCUT2D eigenvalue weighted by atomic mass is 10.1. The molecule has 0 bridgehead atoms. The summed E-state index contributed by atoms with van der Waals surface area (Å²) in [6.45, 7) is 0.332. The van der Waals surface area contributed by atoms with E-state index in [1.165, 1.54) is 4.80 Å². The Morgan fingerprint density at radius 3 is 2.65 bits per heavy atom. The van der Waals surface area contributed by atoms with Gasteiger partial charge in [-0.2, -0.15) is 15.3 Å². The molecule has 1 atom stereocenters. The quantitative estimate of drug-likeness (QED) is 0.842. The standard InChI is InChI=1S/C13H11ClN6/c14-12-5-3-11(4-6-12)13-17-19-20(18-13)9-10(8-16)2-1-7-15/h3-6,10H,1-2,9H2/t10-/m0/s1. The van der Waals surface area contributed by atoms with Gasteiger partial charge in [-0.1, -0.05) is 11.6 Å². The third-order valence-corrected chi connectivity index (χ3v) is 2.98. The molecule has 2 aromatic rings. The predicted octanol–water partition coefficient (Wildman–Crippen LogP) is 2.44. The van der Waals surface area contributed by atoms with Gasteiger partial charge in [0, 0.05) is 17.0 Å². The molecule has 0 aliphatic rings. The van der Waals surface area contributed by atoms with E-state index in [0.717, 1.165) is 5.56 Å². The summed E-state index contributed by atoms with van der Waals surface area (Å²) in [7, 11) is 0. The molecule has 0 saturated heterocycles. The number of halogens is 1. The summed E-state index contributed by atoms with van der Waals surface area (Å²) in [4.78, 5) is 1.38. The Bertz CT molecular complexity index is 649. The summed E-state index contributed by atoms with van der Waals surface area (Å²) in [6.07, 6.45) is 0.849. The fraction of sp³-hybridized carbons (Fsp3) is 0.308. The minimum absolute atomic E-state index is 0.290. The summed E-state index contributed by atoms with van der Waals surface area (Å²) in [6, 6.07) is 11.3.